The van der Waals surface area contributed by atoms with Gasteiger partial charge in [-0.15, -0.1) is 12.4 Å². The number of methoxy groups -OCH3 is 4. The van der Waals surface area contributed by atoms with Crippen LogP contribution < -0.4 is 43.2 Å². The number of nitrogens with zero attached hydrogens (tertiary/aromatic N) is 3. The standard InChI is InChI=1S/C39H52N2O8.C34H44N2O6.ClH/c1-28(2)41(37(42)31-17-18-35(45-7)36(22-31)46-20-12-19-44-6)32-21-30(24-40(25-32)38(43)49-39(3,4)5)27-48-34-16-11-15-33(23-34)47-26-29-13-9-8-10-14-29;1-25(2)36(34(37)28-14-15-32(39-4)33(19-28)40-17-9-16-38-3)29-18-27(21-35-22-29)24-42-31-13-8-12-30(20-31)41-23-26-10-6-5-7-11-26;/h8-11,13-18,22-23,28,30,32H,12,19-21,24-27H2,1-7H3;5-8,10-15,19-20,25,27,29,35H,9,16-18,21-24H2,1-4H3;1H/t30-,32+;27-,29+;/m00./s1. The Balaban J connectivity index is 0.000000292. The Kier molecular flexibility index (Phi) is 29.9. The lowest BCUT2D eigenvalue weighted by atomic mass is 9.92. The van der Waals surface area contributed by atoms with Crippen LogP contribution in [0, 0.1) is 11.8 Å². The van der Waals surface area contributed by atoms with Gasteiger partial charge in [-0.05, 0) is 133 Å². The fraction of sp³-hybridized carbons (Fsp3) is 0.466. The van der Waals surface area contributed by atoms with Crippen LogP contribution in [0.1, 0.15) is 106 Å². The van der Waals surface area contributed by atoms with Crippen LogP contribution in [0.4, 0.5) is 4.79 Å². The number of nitrogens with one attached hydrogen (secondary N) is 1. The molecule has 6 aromatic rings. The van der Waals surface area contributed by atoms with E-state index >= 15 is 0 Å². The van der Waals surface area contributed by atoms with Gasteiger partial charge < -0.3 is 72.1 Å². The fourth-order valence-electron chi connectivity index (χ4n) is 11.1. The minimum Gasteiger partial charge on any atom is -0.493 e. The summed E-state index contributed by atoms with van der Waals surface area (Å²) < 4.78 is 63.4. The number of carbonyl (C=O) groups excluding carboxylic acids is 3. The molecule has 0 spiro atoms. The second-order valence-electron chi connectivity index (χ2n) is 24.4. The topological polar surface area (TPSA) is 174 Å². The maximum Gasteiger partial charge on any atom is 0.410 e. The molecule has 19 heteroatoms. The quantitative estimate of drug-likeness (QED) is 0.0422. The van der Waals surface area contributed by atoms with Crippen LogP contribution >= 0.6 is 12.4 Å². The molecule has 1 N–H and O–H groups in total. The Hall–Kier alpha value is -7.90. The first-order chi connectivity index (χ1) is 43.9. The first-order valence-corrected chi connectivity index (χ1v) is 31.7. The largest absolute Gasteiger partial charge is 0.493 e. The van der Waals surface area contributed by atoms with E-state index in [2.05, 4.69) is 19.2 Å². The smallest absolute Gasteiger partial charge is 0.410 e. The summed E-state index contributed by atoms with van der Waals surface area (Å²) in [7, 11) is 6.48. The van der Waals surface area contributed by atoms with Crippen molar-refractivity contribution in [2.24, 2.45) is 11.8 Å². The van der Waals surface area contributed by atoms with E-state index in [1.54, 1.807) is 63.7 Å². The number of ether oxygens (including phenoxy) is 11. The van der Waals surface area contributed by atoms with E-state index in [1.165, 1.54) is 0 Å². The molecule has 0 aromatic heterocycles. The Morgan fingerprint density at radius 1 is 0.500 bits per heavy atom. The van der Waals surface area contributed by atoms with E-state index in [1.807, 2.05) is 160 Å². The minimum atomic E-state index is -0.660. The molecule has 4 atom stereocenters. The van der Waals surface area contributed by atoms with Crippen molar-refractivity contribution in [2.75, 3.05) is 94.3 Å². The molecule has 3 amide bonds. The van der Waals surface area contributed by atoms with Gasteiger partial charge in [0.25, 0.3) is 11.8 Å². The maximum absolute atomic E-state index is 14.2. The molecule has 2 aliphatic rings. The summed E-state index contributed by atoms with van der Waals surface area (Å²) in [4.78, 5) is 47.0. The Morgan fingerprint density at radius 2 is 0.946 bits per heavy atom. The molecule has 0 unspecified atom stereocenters. The van der Waals surface area contributed by atoms with Crippen molar-refractivity contribution in [3.8, 4) is 46.0 Å². The van der Waals surface area contributed by atoms with Crippen molar-refractivity contribution < 1.29 is 66.5 Å². The summed E-state index contributed by atoms with van der Waals surface area (Å²) in [5, 5.41) is 3.53. The lowest BCUT2D eigenvalue weighted by Gasteiger charge is -2.44. The van der Waals surface area contributed by atoms with Crippen LogP contribution in [-0.4, -0.2) is 157 Å². The highest BCUT2D eigenvalue weighted by atomic mass is 35.5. The van der Waals surface area contributed by atoms with Gasteiger partial charge in [0.2, 0.25) is 0 Å². The summed E-state index contributed by atoms with van der Waals surface area (Å²) in [5.41, 5.74) is 2.59. The molecular formula is C73H97ClN4O14. The number of hydrogen-bond acceptors (Lipinski definition) is 15. The van der Waals surface area contributed by atoms with E-state index < -0.39 is 11.7 Å². The highest BCUT2D eigenvalue weighted by Crippen LogP contribution is 2.34. The predicted molar refractivity (Wildman–Crippen MR) is 360 cm³/mol. The molecule has 2 saturated heterocycles. The summed E-state index contributed by atoms with van der Waals surface area (Å²) in [5.74, 6) is 5.14. The van der Waals surface area contributed by atoms with Crippen LogP contribution in [-0.2, 0) is 27.4 Å². The van der Waals surface area contributed by atoms with Crippen molar-refractivity contribution in [1.29, 1.82) is 0 Å². The molecule has 2 fully saturated rings. The Morgan fingerprint density at radius 3 is 1.39 bits per heavy atom. The second-order valence-corrected chi connectivity index (χ2v) is 24.4. The van der Waals surface area contributed by atoms with Gasteiger partial charge in [0, 0.05) is 120 Å². The van der Waals surface area contributed by atoms with E-state index in [-0.39, 0.29) is 60.2 Å². The van der Waals surface area contributed by atoms with E-state index in [9.17, 15) is 14.4 Å². The average Bonchev–Trinajstić information content (AvgIpc) is 0.827. The fourth-order valence-corrected chi connectivity index (χ4v) is 11.1. The second kappa shape index (κ2) is 37.6. The summed E-state index contributed by atoms with van der Waals surface area (Å²) in [6, 6.07) is 45.7. The lowest BCUT2D eigenvalue weighted by molar-refractivity contribution is -0.00553. The molecule has 0 saturated carbocycles. The Bertz CT molecular complexity index is 3170. The van der Waals surface area contributed by atoms with E-state index in [4.69, 9.17) is 52.1 Å². The summed E-state index contributed by atoms with van der Waals surface area (Å²) in [6.07, 6.45) is 2.53. The van der Waals surface area contributed by atoms with Gasteiger partial charge in [0.15, 0.2) is 23.0 Å². The van der Waals surface area contributed by atoms with Crippen molar-refractivity contribution in [2.45, 2.75) is 117 Å². The number of likely N-dealkylation sites (tertiary alicyclic amines) is 1. The van der Waals surface area contributed by atoms with Crippen molar-refractivity contribution >= 4 is 30.3 Å². The number of benzene rings is 6. The molecule has 8 rings (SSSR count). The van der Waals surface area contributed by atoms with Crippen LogP contribution in [0.15, 0.2) is 146 Å². The van der Waals surface area contributed by atoms with Crippen molar-refractivity contribution in [3.05, 3.63) is 168 Å². The van der Waals surface area contributed by atoms with Gasteiger partial charge >= 0.3 is 6.09 Å². The highest BCUT2D eigenvalue weighted by molar-refractivity contribution is 5.96. The molecule has 18 nitrogen and oxygen atoms in total. The minimum absolute atomic E-state index is 0. The molecule has 6 aromatic carbocycles. The monoisotopic (exact) mass is 1290 g/mol. The van der Waals surface area contributed by atoms with E-state index in [0.29, 0.717) is 124 Å². The first kappa shape index (κ1) is 73.2. The Labute approximate surface area is 551 Å². The summed E-state index contributed by atoms with van der Waals surface area (Å²) >= 11 is 0. The normalized spacial score (nSPS) is 16.2. The molecule has 0 aliphatic carbocycles. The molecule has 0 bridgehead atoms. The number of amides is 3. The van der Waals surface area contributed by atoms with Crippen LogP contribution in [0.5, 0.6) is 46.0 Å². The van der Waals surface area contributed by atoms with Gasteiger partial charge in [-0.25, -0.2) is 4.79 Å². The van der Waals surface area contributed by atoms with Gasteiger partial charge in [-0.3, -0.25) is 9.59 Å². The number of halogens is 1. The van der Waals surface area contributed by atoms with Crippen molar-refractivity contribution in [1.82, 2.24) is 20.0 Å². The molecular weight excluding hydrogens is 1190 g/mol. The van der Waals surface area contributed by atoms with Gasteiger partial charge in [-0.2, -0.15) is 0 Å². The predicted octanol–water partition coefficient (Wildman–Crippen LogP) is 13.3. The third-order valence-electron chi connectivity index (χ3n) is 15.4. The molecule has 0 radical (unpaired) electrons. The third kappa shape index (κ3) is 23.0. The van der Waals surface area contributed by atoms with Crippen LogP contribution in [0.25, 0.3) is 0 Å². The molecule has 500 valence electrons. The SMILES string of the molecule is COCCCOc1cc(C(=O)N(C(C)C)[C@@H]2C[C@H](COc3cccc(OCc4ccccc4)c3)CN(C(=O)OC(C)(C)C)C2)ccc1OC.COCCCOc1cc(C(=O)N(C(C)C)[C@H]2CNC[C@@H](COc3cccc(OCc4ccccc4)c3)C2)ccc1OC.Cl. The molecule has 2 heterocycles. The van der Waals surface area contributed by atoms with E-state index in [0.717, 1.165) is 48.6 Å². The average molecular weight is 1290 g/mol. The zero-order valence-corrected chi connectivity index (χ0v) is 56.4. The number of carbonyl (C=O) groups is 3. The van der Waals surface area contributed by atoms with Crippen LogP contribution in [0.2, 0.25) is 0 Å². The number of piperidine rings is 2. The first-order valence-electron chi connectivity index (χ1n) is 31.7. The van der Waals surface area contributed by atoms with Crippen molar-refractivity contribution in [3.63, 3.8) is 0 Å². The van der Waals surface area contributed by atoms with Crippen LogP contribution in [0.3, 0.4) is 0 Å². The summed E-state index contributed by atoms with van der Waals surface area (Å²) in [6.45, 7) is 19.9. The zero-order chi connectivity index (χ0) is 65.1. The van der Waals surface area contributed by atoms with Gasteiger partial charge in [-0.1, -0.05) is 72.8 Å². The van der Waals surface area contributed by atoms with Gasteiger partial charge in [0.1, 0.15) is 41.8 Å². The number of hydrogen-bond donors (Lipinski definition) is 1. The molecule has 2 aliphatic heterocycles. The van der Waals surface area contributed by atoms with Gasteiger partial charge in [0.05, 0.1) is 46.7 Å². The molecule has 92 heavy (non-hydrogen) atoms. The number of rotatable bonds is 30. The highest BCUT2D eigenvalue weighted by Gasteiger charge is 2.39. The maximum atomic E-state index is 14.2. The zero-order valence-electron chi connectivity index (χ0n) is 55.6. The lowest BCUT2D eigenvalue weighted by Crippen LogP contribution is -2.57. The third-order valence-corrected chi connectivity index (χ3v) is 15.4.